The normalized spacial score (nSPS) is 16.6. The molecular formula is C27H30FN5O4S. The Bertz CT molecular complexity index is 1330. The quantitative estimate of drug-likeness (QED) is 0.450. The number of ether oxygens (including phenoxy) is 2. The first-order valence-corrected chi connectivity index (χ1v) is 13.5. The molecule has 11 heteroatoms. The van der Waals surface area contributed by atoms with Crippen molar-refractivity contribution in [3.8, 4) is 16.3 Å². The highest BCUT2D eigenvalue weighted by Crippen LogP contribution is 2.34. The molecule has 0 bridgehead atoms. The lowest BCUT2D eigenvalue weighted by atomic mass is 10.1. The van der Waals surface area contributed by atoms with Crippen LogP contribution in [0.2, 0.25) is 0 Å². The number of aromatic nitrogens is 2. The molecule has 9 nitrogen and oxygen atoms in total. The summed E-state index contributed by atoms with van der Waals surface area (Å²) in [5.74, 6) is 0.0155. The van der Waals surface area contributed by atoms with E-state index in [1.807, 2.05) is 12.1 Å². The molecule has 2 aliphatic heterocycles. The van der Waals surface area contributed by atoms with Crippen LogP contribution in [0.25, 0.3) is 10.6 Å². The highest BCUT2D eigenvalue weighted by atomic mass is 32.1. The Morgan fingerprint density at radius 1 is 1.29 bits per heavy atom. The Morgan fingerprint density at radius 3 is 2.89 bits per heavy atom. The van der Waals surface area contributed by atoms with Crippen LogP contribution in [0.5, 0.6) is 5.75 Å². The second-order valence-electron chi connectivity index (χ2n) is 9.39. The fourth-order valence-corrected chi connectivity index (χ4v) is 5.79. The maximum atomic E-state index is 13.8. The first kappa shape index (κ1) is 26.1. The predicted molar refractivity (Wildman–Crippen MR) is 142 cm³/mol. The monoisotopic (exact) mass is 539 g/mol. The number of carbonyl (C=O) groups is 2. The zero-order chi connectivity index (χ0) is 26.6. The van der Waals surface area contributed by atoms with Crippen LogP contribution < -0.4 is 15.4 Å². The van der Waals surface area contributed by atoms with E-state index < -0.39 is 11.9 Å². The lowest BCUT2D eigenvalue weighted by molar-refractivity contribution is -0.125. The van der Waals surface area contributed by atoms with Crippen LogP contribution in [0.1, 0.15) is 40.6 Å². The van der Waals surface area contributed by atoms with Crippen molar-refractivity contribution in [2.24, 2.45) is 0 Å². The molecule has 5 rings (SSSR count). The van der Waals surface area contributed by atoms with Gasteiger partial charge >= 0.3 is 0 Å². The van der Waals surface area contributed by atoms with Crippen molar-refractivity contribution < 1.29 is 23.5 Å². The summed E-state index contributed by atoms with van der Waals surface area (Å²) in [6, 6.07) is 7.58. The van der Waals surface area contributed by atoms with Gasteiger partial charge in [0.05, 0.1) is 23.2 Å². The molecule has 0 radical (unpaired) electrons. The molecule has 1 unspecified atom stereocenters. The Kier molecular flexibility index (Phi) is 7.85. The molecule has 3 aromatic rings. The number of rotatable bonds is 8. The number of thiophene rings is 1. The van der Waals surface area contributed by atoms with E-state index in [-0.39, 0.29) is 24.4 Å². The van der Waals surface area contributed by atoms with Crippen LogP contribution in [0.3, 0.4) is 0 Å². The minimum atomic E-state index is -0.677. The van der Waals surface area contributed by atoms with Crippen molar-refractivity contribution >= 4 is 29.1 Å². The summed E-state index contributed by atoms with van der Waals surface area (Å²) >= 11 is 1.55. The molecule has 0 saturated carbocycles. The topological polar surface area (TPSA) is 106 Å². The fraction of sp³-hybridized carbons (Fsp3) is 0.407. The van der Waals surface area contributed by atoms with E-state index in [2.05, 4.69) is 20.6 Å². The molecular weight excluding hydrogens is 509 g/mol. The minimum absolute atomic E-state index is 0.130. The summed E-state index contributed by atoms with van der Waals surface area (Å²) in [7, 11) is 1.46. The molecule has 0 spiro atoms. The summed E-state index contributed by atoms with van der Waals surface area (Å²) in [4.78, 5) is 38.7. The molecule has 200 valence electrons. The standard InChI is InChI=1S/C27H30FN5O4S/c1-16(25(34)30-15-17-11-18(28)13-20(12-17)36-2)33-8-4-23-21(26(33)35)14-24(38-23)22-3-7-29-27(32-22)31-19-5-9-37-10-6-19/h3,7,11-14,16,19H,4-6,8-10,15H2,1-2H3,(H,30,34)(H,29,31,32). The maximum Gasteiger partial charge on any atom is 0.255 e. The van der Waals surface area contributed by atoms with Crippen molar-refractivity contribution in [1.29, 1.82) is 0 Å². The zero-order valence-electron chi connectivity index (χ0n) is 21.3. The number of hydrogen-bond acceptors (Lipinski definition) is 8. The molecule has 38 heavy (non-hydrogen) atoms. The van der Waals surface area contributed by atoms with Gasteiger partial charge in [0, 0.05) is 55.9 Å². The van der Waals surface area contributed by atoms with Crippen molar-refractivity contribution in [3.63, 3.8) is 0 Å². The highest BCUT2D eigenvalue weighted by Gasteiger charge is 2.33. The molecule has 2 N–H and O–H groups in total. The summed E-state index contributed by atoms with van der Waals surface area (Å²) in [5, 5.41) is 6.19. The van der Waals surface area contributed by atoms with Gasteiger partial charge in [-0.15, -0.1) is 11.3 Å². The first-order chi connectivity index (χ1) is 18.4. The van der Waals surface area contributed by atoms with Gasteiger partial charge in [-0.05, 0) is 49.6 Å². The van der Waals surface area contributed by atoms with Gasteiger partial charge < -0.3 is 25.0 Å². The number of hydrogen-bond donors (Lipinski definition) is 2. The van der Waals surface area contributed by atoms with E-state index in [0.717, 1.165) is 41.5 Å². The molecule has 2 amide bonds. The second kappa shape index (κ2) is 11.4. The summed E-state index contributed by atoms with van der Waals surface area (Å²) in [6.07, 6.45) is 4.20. The van der Waals surface area contributed by atoms with Crippen LogP contribution in [0.4, 0.5) is 10.3 Å². The lowest BCUT2D eigenvalue weighted by Gasteiger charge is -2.31. The number of amides is 2. The van der Waals surface area contributed by atoms with Gasteiger partial charge in [-0.3, -0.25) is 9.59 Å². The van der Waals surface area contributed by atoms with Crippen LogP contribution in [0.15, 0.2) is 36.5 Å². The molecule has 4 heterocycles. The van der Waals surface area contributed by atoms with Crippen LogP contribution in [-0.2, 0) is 22.5 Å². The number of halogens is 1. The second-order valence-corrected chi connectivity index (χ2v) is 10.5. The Labute approximate surface area is 224 Å². The Hall–Kier alpha value is -3.57. The molecule has 1 fully saturated rings. The molecule has 0 aliphatic carbocycles. The number of benzene rings is 1. The van der Waals surface area contributed by atoms with Crippen molar-refractivity contribution in [1.82, 2.24) is 20.2 Å². The van der Waals surface area contributed by atoms with Gasteiger partial charge in [0.25, 0.3) is 5.91 Å². The molecule has 2 aliphatic rings. The van der Waals surface area contributed by atoms with Gasteiger partial charge in [-0.1, -0.05) is 0 Å². The first-order valence-electron chi connectivity index (χ1n) is 12.6. The minimum Gasteiger partial charge on any atom is -0.497 e. The number of anilines is 1. The third-order valence-corrected chi connectivity index (χ3v) is 8.04. The zero-order valence-corrected chi connectivity index (χ0v) is 22.1. The van der Waals surface area contributed by atoms with E-state index in [4.69, 9.17) is 9.47 Å². The van der Waals surface area contributed by atoms with Crippen LogP contribution in [0, 0.1) is 5.82 Å². The highest BCUT2D eigenvalue weighted by molar-refractivity contribution is 7.15. The maximum absolute atomic E-state index is 13.8. The summed E-state index contributed by atoms with van der Waals surface area (Å²) in [6.45, 7) is 3.73. The van der Waals surface area contributed by atoms with Gasteiger partial charge in [-0.25, -0.2) is 14.4 Å². The van der Waals surface area contributed by atoms with Crippen molar-refractivity contribution in [2.75, 3.05) is 32.2 Å². The molecule has 1 aromatic carbocycles. The van der Waals surface area contributed by atoms with E-state index >= 15 is 0 Å². The molecule has 1 atom stereocenters. The number of nitrogens with zero attached hydrogens (tertiary/aromatic N) is 3. The molecule has 2 aromatic heterocycles. The van der Waals surface area contributed by atoms with E-state index in [1.165, 1.54) is 19.2 Å². The van der Waals surface area contributed by atoms with Crippen molar-refractivity contribution in [2.45, 2.75) is 44.8 Å². The summed E-state index contributed by atoms with van der Waals surface area (Å²) < 4.78 is 24.3. The van der Waals surface area contributed by atoms with E-state index in [9.17, 15) is 14.0 Å². The van der Waals surface area contributed by atoms with E-state index in [1.54, 1.807) is 35.4 Å². The van der Waals surface area contributed by atoms with Crippen molar-refractivity contribution in [3.05, 3.63) is 58.3 Å². The third kappa shape index (κ3) is 5.78. The fourth-order valence-electron chi connectivity index (χ4n) is 4.68. The largest absolute Gasteiger partial charge is 0.497 e. The lowest BCUT2D eigenvalue weighted by Crippen LogP contribution is -2.50. The van der Waals surface area contributed by atoms with Gasteiger partial charge in [0.15, 0.2) is 0 Å². The van der Waals surface area contributed by atoms with Crippen LogP contribution in [-0.4, -0.2) is 65.6 Å². The molecule has 1 saturated heterocycles. The average Bonchev–Trinajstić information content (AvgIpc) is 3.37. The smallest absolute Gasteiger partial charge is 0.255 e. The SMILES string of the molecule is COc1cc(F)cc(CNC(=O)C(C)N2CCc3sc(-c4ccnc(NC5CCOCC5)n4)cc3C2=O)c1. The number of carbonyl (C=O) groups excluding carboxylic acids is 2. The van der Waals surface area contributed by atoms with Gasteiger partial charge in [0.1, 0.15) is 17.6 Å². The number of nitrogens with one attached hydrogen (secondary N) is 2. The average molecular weight is 540 g/mol. The number of methoxy groups -OCH3 is 1. The van der Waals surface area contributed by atoms with Gasteiger partial charge in [-0.2, -0.15) is 0 Å². The Morgan fingerprint density at radius 2 is 2.11 bits per heavy atom. The summed E-state index contributed by atoms with van der Waals surface area (Å²) in [5.41, 5.74) is 1.93. The predicted octanol–water partition coefficient (Wildman–Crippen LogP) is 3.65. The third-order valence-electron chi connectivity index (χ3n) is 6.82. The Balaban J connectivity index is 1.25. The van der Waals surface area contributed by atoms with Gasteiger partial charge in [0.2, 0.25) is 11.9 Å². The van der Waals surface area contributed by atoms with E-state index in [0.29, 0.717) is 35.8 Å². The number of fused-ring (bicyclic) bond motifs is 1. The van der Waals surface area contributed by atoms with Crippen LogP contribution >= 0.6 is 11.3 Å².